The molecule has 0 aliphatic carbocycles. The van der Waals surface area contributed by atoms with Crippen molar-refractivity contribution in [3.05, 3.63) is 0 Å². The van der Waals surface area contributed by atoms with Crippen molar-refractivity contribution in [3.63, 3.8) is 0 Å². The second kappa shape index (κ2) is 4.62. The molecule has 0 rings (SSSR count). The molecule has 0 fully saturated rings. The monoisotopic (exact) mass is 171 g/mol. The highest BCUT2D eigenvalue weighted by atomic mass is 32.2. The lowest BCUT2D eigenvalue weighted by molar-refractivity contribution is 0.562. The predicted octanol–water partition coefficient (Wildman–Crippen LogP) is -1.61. The lowest BCUT2D eigenvalue weighted by Gasteiger charge is -1.86. The van der Waals surface area contributed by atoms with Crippen LogP contribution in [0.25, 0.3) is 0 Å². The molecule has 1 unspecified atom stereocenters. The lowest BCUT2D eigenvalue weighted by atomic mass is 11.2. The summed E-state index contributed by atoms with van der Waals surface area (Å²) in [4.78, 5) is 0. The van der Waals surface area contributed by atoms with Crippen molar-refractivity contribution in [2.75, 3.05) is 5.88 Å². The van der Waals surface area contributed by atoms with Gasteiger partial charge in [-0.1, -0.05) is 0 Å². The zero-order chi connectivity index (χ0) is 7.28. The Bertz CT molecular complexity index is 209. The van der Waals surface area contributed by atoms with Crippen LogP contribution in [0, 0.1) is 0 Å². The Morgan fingerprint density at radius 2 is 2.00 bits per heavy atom. The number of hydrogen-bond donors (Lipinski definition) is 2. The summed E-state index contributed by atoms with van der Waals surface area (Å²) >= 11 is -2.00. The Kier molecular flexibility index (Phi) is 4.50. The van der Waals surface area contributed by atoms with E-state index in [9.17, 15) is 12.6 Å². The third-order valence-corrected chi connectivity index (χ3v) is 1.16. The first-order valence-corrected chi connectivity index (χ1v) is 4.26. The van der Waals surface area contributed by atoms with Crippen LogP contribution >= 0.6 is 0 Å². The summed E-state index contributed by atoms with van der Waals surface area (Å²) in [6.45, 7) is 0. The Morgan fingerprint density at radius 1 is 1.44 bits per heavy atom. The van der Waals surface area contributed by atoms with E-state index in [2.05, 4.69) is 5.32 Å². The van der Waals surface area contributed by atoms with Crippen LogP contribution in [-0.2, 0) is 21.4 Å². The zero-order valence-corrected chi connectivity index (χ0v) is 5.91. The van der Waals surface area contributed by atoms with Gasteiger partial charge in [-0.2, -0.15) is 8.42 Å². The summed E-state index contributed by atoms with van der Waals surface area (Å²) in [5.41, 5.74) is 0.702. The minimum Gasteiger partial charge on any atom is -0.305 e. The first-order valence-electron chi connectivity index (χ1n) is 1.85. The maximum absolute atomic E-state index is 9.81. The summed E-state index contributed by atoms with van der Waals surface area (Å²) in [5.74, 6) is -0.270. The van der Waals surface area contributed by atoms with Crippen LogP contribution in [-0.4, -0.2) is 28.5 Å². The van der Waals surface area contributed by atoms with Crippen LogP contribution in [0.2, 0.25) is 0 Å². The fraction of sp³-hybridized carbons (Fsp3) is 0.500. The number of nitrogens with one attached hydrogen (secondary N) is 1. The summed E-state index contributed by atoms with van der Waals surface area (Å²) in [6.07, 6.45) is 0. The van der Waals surface area contributed by atoms with E-state index in [-0.39, 0.29) is 5.88 Å². The van der Waals surface area contributed by atoms with Crippen molar-refractivity contribution in [1.82, 2.24) is 5.32 Å². The highest BCUT2D eigenvalue weighted by Gasteiger charge is 1.86. The SMILES string of the molecule is O=S(O)CNC=S(=O)=O. The molecule has 9 heavy (non-hydrogen) atoms. The van der Waals surface area contributed by atoms with Gasteiger partial charge >= 0.3 is 0 Å². The van der Waals surface area contributed by atoms with E-state index in [4.69, 9.17) is 4.55 Å². The number of hydrogen-bond acceptors (Lipinski definition) is 3. The molecule has 54 valence electrons. The fourth-order valence-corrected chi connectivity index (χ4v) is 0.724. The standard InChI is InChI=1S/C2H5NO4S2/c4-8(5)1-3-2-9(6)7/h1,3H,2H2,(H,6,7). The number of rotatable bonds is 3. The van der Waals surface area contributed by atoms with E-state index in [1.807, 2.05) is 0 Å². The van der Waals surface area contributed by atoms with Gasteiger partial charge in [-0.15, -0.1) is 0 Å². The molecular weight excluding hydrogens is 166 g/mol. The van der Waals surface area contributed by atoms with Gasteiger partial charge in [-0.25, -0.2) is 4.21 Å². The van der Waals surface area contributed by atoms with Crippen LogP contribution in [0.1, 0.15) is 0 Å². The van der Waals surface area contributed by atoms with E-state index < -0.39 is 21.4 Å². The van der Waals surface area contributed by atoms with Crippen LogP contribution in [0.4, 0.5) is 0 Å². The van der Waals surface area contributed by atoms with E-state index in [0.29, 0.717) is 5.49 Å². The van der Waals surface area contributed by atoms with Gasteiger partial charge in [0, 0.05) is 0 Å². The molecule has 0 saturated heterocycles. The molecule has 0 aromatic heterocycles. The van der Waals surface area contributed by atoms with E-state index >= 15 is 0 Å². The van der Waals surface area contributed by atoms with Crippen molar-refractivity contribution in [3.8, 4) is 0 Å². The van der Waals surface area contributed by atoms with E-state index in [1.165, 1.54) is 0 Å². The van der Waals surface area contributed by atoms with Gasteiger partial charge in [0.15, 0.2) is 11.1 Å². The van der Waals surface area contributed by atoms with E-state index in [0.717, 1.165) is 0 Å². The molecule has 0 aromatic rings. The van der Waals surface area contributed by atoms with Gasteiger partial charge in [0.25, 0.3) is 0 Å². The molecule has 1 atom stereocenters. The van der Waals surface area contributed by atoms with Gasteiger partial charge in [0.05, 0.1) is 0 Å². The van der Waals surface area contributed by atoms with Gasteiger partial charge in [0.2, 0.25) is 10.3 Å². The maximum atomic E-state index is 9.81. The van der Waals surface area contributed by atoms with Crippen LogP contribution in [0.5, 0.6) is 0 Å². The summed E-state index contributed by atoms with van der Waals surface area (Å²) in [6, 6.07) is 0. The summed E-state index contributed by atoms with van der Waals surface area (Å²) in [7, 11) is -2.31. The Labute approximate surface area is 55.9 Å². The highest BCUT2D eigenvalue weighted by Crippen LogP contribution is 1.62. The van der Waals surface area contributed by atoms with Crippen LogP contribution < -0.4 is 5.32 Å². The van der Waals surface area contributed by atoms with Crippen molar-refractivity contribution in [1.29, 1.82) is 0 Å². The summed E-state index contributed by atoms with van der Waals surface area (Å²) < 4.78 is 37.2. The van der Waals surface area contributed by atoms with Gasteiger partial charge in [0.1, 0.15) is 11.4 Å². The smallest absolute Gasteiger partial charge is 0.224 e. The molecule has 7 heteroatoms. The maximum Gasteiger partial charge on any atom is 0.224 e. The minimum absolute atomic E-state index is 0.270. The summed E-state index contributed by atoms with van der Waals surface area (Å²) in [5, 5.41) is 2.10. The first kappa shape index (κ1) is 8.76. The van der Waals surface area contributed by atoms with E-state index in [1.54, 1.807) is 0 Å². The lowest BCUT2D eigenvalue weighted by Crippen LogP contribution is -2.16. The van der Waals surface area contributed by atoms with Crippen molar-refractivity contribution in [2.45, 2.75) is 0 Å². The van der Waals surface area contributed by atoms with Crippen molar-refractivity contribution < 1.29 is 17.2 Å². The van der Waals surface area contributed by atoms with Crippen LogP contribution in [0.15, 0.2) is 0 Å². The molecular formula is C2H5NO4S2. The molecule has 5 nitrogen and oxygen atoms in total. The predicted molar refractivity (Wildman–Crippen MR) is 33.8 cm³/mol. The van der Waals surface area contributed by atoms with Crippen LogP contribution in [0.3, 0.4) is 0 Å². The second-order valence-electron chi connectivity index (χ2n) is 1.05. The topological polar surface area (TPSA) is 83.5 Å². The molecule has 0 heterocycles. The average Bonchev–Trinajstić information content (AvgIpc) is 1.63. The quantitative estimate of drug-likeness (QED) is 0.394. The minimum atomic E-state index is -2.31. The molecule has 0 aromatic carbocycles. The molecule has 2 N–H and O–H groups in total. The Balaban J connectivity index is 3.55. The Hall–Kier alpha value is -0.240. The van der Waals surface area contributed by atoms with Crippen molar-refractivity contribution >= 4 is 26.9 Å². The molecule has 0 saturated carbocycles. The Morgan fingerprint density at radius 3 is 2.33 bits per heavy atom. The fourth-order valence-electron chi connectivity index (χ4n) is 0.173. The molecule has 0 radical (unpaired) electrons. The highest BCUT2D eigenvalue weighted by molar-refractivity contribution is 7.79. The second-order valence-corrected chi connectivity index (χ2v) is 2.74. The molecule has 0 aliphatic rings. The third-order valence-electron chi connectivity index (χ3n) is 0.386. The van der Waals surface area contributed by atoms with Crippen molar-refractivity contribution in [2.24, 2.45) is 0 Å². The first-order chi connectivity index (χ1) is 4.13. The van der Waals surface area contributed by atoms with Gasteiger partial charge in [-0.3, -0.25) is 5.32 Å². The molecule has 0 spiro atoms. The molecule has 0 bridgehead atoms. The van der Waals surface area contributed by atoms with Gasteiger partial charge in [-0.05, 0) is 0 Å². The third kappa shape index (κ3) is 7.76. The molecule has 0 amide bonds. The normalized spacial score (nSPS) is 12.6. The average molecular weight is 171 g/mol. The zero-order valence-electron chi connectivity index (χ0n) is 4.27. The molecule has 0 aliphatic heterocycles. The largest absolute Gasteiger partial charge is 0.305 e. The van der Waals surface area contributed by atoms with Gasteiger partial charge < -0.3 is 4.55 Å².